The van der Waals surface area contributed by atoms with E-state index in [1.807, 2.05) is 6.07 Å². The zero-order chi connectivity index (χ0) is 16.4. The highest BCUT2D eigenvalue weighted by atomic mass is 16.6. The number of aldehydes is 1. The predicted octanol–water partition coefficient (Wildman–Crippen LogP) is 3.32. The molecule has 0 radical (unpaired) electrons. The van der Waals surface area contributed by atoms with Gasteiger partial charge in [0.25, 0.3) is 5.69 Å². The molecule has 116 valence electrons. The van der Waals surface area contributed by atoms with Crippen molar-refractivity contribution >= 4 is 18.0 Å². The fraction of sp³-hybridized carbons (Fsp3) is 0.118. The first-order valence-corrected chi connectivity index (χ1v) is 6.88. The molecule has 2 aromatic carbocycles. The second-order valence-electron chi connectivity index (χ2n) is 5.01. The fourth-order valence-corrected chi connectivity index (χ4v) is 2.44. The van der Waals surface area contributed by atoms with Crippen molar-refractivity contribution in [2.45, 2.75) is 6.10 Å². The highest BCUT2D eigenvalue weighted by Gasteiger charge is 2.25. The van der Waals surface area contributed by atoms with Crippen LogP contribution in [0.1, 0.15) is 17.2 Å². The summed E-state index contributed by atoms with van der Waals surface area (Å²) in [4.78, 5) is 21.6. The molecule has 1 atom stereocenters. The van der Waals surface area contributed by atoms with Gasteiger partial charge in [-0.1, -0.05) is 0 Å². The van der Waals surface area contributed by atoms with Crippen molar-refractivity contribution in [3.8, 4) is 11.5 Å². The Morgan fingerprint density at radius 3 is 2.57 bits per heavy atom. The topological polar surface area (TPSA) is 78.7 Å². The SMILES string of the molecule is COc1ccc2c(c1)O[C@H](c1ccc([N+](=O)[O-])cc1)C(C=O)=C2. The Bertz CT molecular complexity index is 795. The van der Waals surface area contributed by atoms with E-state index in [1.165, 1.54) is 12.1 Å². The minimum atomic E-state index is -0.604. The molecule has 6 heteroatoms. The van der Waals surface area contributed by atoms with Crippen molar-refractivity contribution in [1.82, 2.24) is 0 Å². The fourth-order valence-electron chi connectivity index (χ4n) is 2.44. The van der Waals surface area contributed by atoms with Crippen LogP contribution in [0.4, 0.5) is 5.69 Å². The highest BCUT2D eigenvalue weighted by molar-refractivity contribution is 5.86. The number of methoxy groups -OCH3 is 1. The molecule has 0 N–H and O–H groups in total. The molecule has 0 spiro atoms. The van der Waals surface area contributed by atoms with Crippen molar-refractivity contribution < 1.29 is 19.2 Å². The second-order valence-corrected chi connectivity index (χ2v) is 5.01. The lowest BCUT2D eigenvalue weighted by Crippen LogP contribution is -2.15. The van der Waals surface area contributed by atoms with Gasteiger partial charge in [-0.05, 0) is 35.9 Å². The molecule has 23 heavy (non-hydrogen) atoms. The number of carbonyl (C=O) groups is 1. The van der Waals surface area contributed by atoms with E-state index in [2.05, 4.69) is 0 Å². The van der Waals surface area contributed by atoms with Gasteiger partial charge in [-0.2, -0.15) is 0 Å². The molecule has 0 fully saturated rings. The summed E-state index contributed by atoms with van der Waals surface area (Å²) in [5.74, 6) is 1.24. The van der Waals surface area contributed by atoms with Crippen LogP contribution in [0.3, 0.4) is 0 Å². The van der Waals surface area contributed by atoms with E-state index >= 15 is 0 Å². The van der Waals surface area contributed by atoms with Gasteiger partial charge in [-0.15, -0.1) is 0 Å². The molecule has 0 saturated carbocycles. The number of rotatable bonds is 4. The number of non-ortho nitro benzene ring substituents is 1. The van der Waals surface area contributed by atoms with Crippen LogP contribution < -0.4 is 9.47 Å². The van der Waals surface area contributed by atoms with Gasteiger partial charge in [-0.25, -0.2) is 0 Å². The smallest absolute Gasteiger partial charge is 0.269 e. The van der Waals surface area contributed by atoms with Crippen LogP contribution in [0, 0.1) is 10.1 Å². The Kier molecular flexibility index (Phi) is 3.80. The summed E-state index contributed by atoms with van der Waals surface area (Å²) in [6.07, 6.45) is 1.88. The van der Waals surface area contributed by atoms with Crippen LogP contribution in [-0.2, 0) is 4.79 Å². The summed E-state index contributed by atoms with van der Waals surface area (Å²) in [6.45, 7) is 0. The lowest BCUT2D eigenvalue weighted by atomic mass is 9.97. The largest absolute Gasteiger partial charge is 0.497 e. The van der Waals surface area contributed by atoms with E-state index in [4.69, 9.17) is 9.47 Å². The summed E-state index contributed by atoms with van der Waals surface area (Å²) in [5.41, 5.74) is 1.90. The van der Waals surface area contributed by atoms with Crippen LogP contribution in [0.5, 0.6) is 11.5 Å². The van der Waals surface area contributed by atoms with E-state index in [9.17, 15) is 14.9 Å². The number of hydrogen-bond acceptors (Lipinski definition) is 5. The molecule has 0 unspecified atom stereocenters. The molecule has 0 amide bonds. The zero-order valence-electron chi connectivity index (χ0n) is 12.3. The third-order valence-electron chi connectivity index (χ3n) is 3.63. The maximum Gasteiger partial charge on any atom is 0.269 e. The minimum absolute atomic E-state index is 0.0109. The maximum absolute atomic E-state index is 11.4. The van der Waals surface area contributed by atoms with Gasteiger partial charge < -0.3 is 9.47 Å². The van der Waals surface area contributed by atoms with Crippen LogP contribution in [0.25, 0.3) is 6.08 Å². The number of carbonyl (C=O) groups excluding carboxylic acids is 1. The summed E-state index contributed by atoms with van der Waals surface area (Å²) >= 11 is 0. The first-order valence-electron chi connectivity index (χ1n) is 6.88. The van der Waals surface area contributed by atoms with E-state index in [1.54, 1.807) is 37.5 Å². The number of ether oxygens (including phenoxy) is 2. The van der Waals surface area contributed by atoms with Crippen molar-refractivity contribution in [1.29, 1.82) is 0 Å². The molecule has 6 nitrogen and oxygen atoms in total. The summed E-state index contributed by atoms with van der Waals surface area (Å²) < 4.78 is 11.1. The molecular formula is C17H13NO5. The van der Waals surface area contributed by atoms with Crippen molar-refractivity contribution in [2.24, 2.45) is 0 Å². The van der Waals surface area contributed by atoms with Crippen LogP contribution >= 0.6 is 0 Å². The molecular weight excluding hydrogens is 298 g/mol. The molecule has 1 heterocycles. The van der Waals surface area contributed by atoms with Crippen molar-refractivity contribution in [2.75, 3.05) is 7.11 Å². The number of nitrogens with zero attached hydrogens (tertiary/aromatic N) is 1. The molecule has 3 rings (SSSR count). The van der Waals surface area contributed by atoms with E-state index in [0.717, 1.165) is 11.8 Å². The van der Waals surface area contributed by atoms with Crippen LogP contribution in [-0.4, -0.2) is 18.3 Å². The van der Waals surface area contributed by atoms with Gasteiger partial charge in [0.15, 0.2) is 6.10 Å². The molecule has 1 aliphatic heterocycles. The second kappa shape index (κ2) is 5.92. The van der Waals surface area contributed by atoms with Gasteiger partial charge >= 0.3 is 0 Å². The first-order chi connectivity index (χ1) is 11.1. The molecule has 0 bridgehead atoms. The Morgan fingerprint density at radius 2 is 1.96 bits per heavy atom. The lowest BCUT2D eigenvalue weighted by molar-refractivity contribution is -0.384. The number of nitro groups is 1. The van der Waals surface area contributed by atoms with Crippen LogP contribution in [0.2, 0.25) is 0 Å². The average molecular weight is 311 g/mol. The van der Waals surface area contributed by atoms with E-state index in [0.29, 0.717) is 22.6 Å². The molecule has 0 aliphatic carbocycles. The Morgan fingerprint density at radius 1 is 1.22 bits per heavy atom. The zero-order valence-corrected chi connectivity index (χ0v) is 12.3. The quantitative estimate of drug-likeness (QED) is 0.491. The standard InChI is InChI=1S/C17H13NO5/c1-22-15-7-4-12-8-13(10-19)17(23-16(12)9-15)11-2-5-14(6-3-11)18(20)21/h2-10,17H,1H3/t17-/m1/s1. The summed E-state index contributed by atoms with van der Waals surface area (Å²) in [5, 5.41) is 10.7. The van der Waals surface area contributed by atoms with Gasteiger partial charge in [0.05, 0.1) is 12.0 Å². The van der Waals surface area contributed by atoms with Crippen molar-refractivity contribution in [3.63, 3.8) is 0 Å². The van der Waals surface area contributed by atoms with Gasteiger partial charge in [0, 0.05) is 29.3 Å². The molecule has 0 aromatic heterocycles. The first kappa shape index (κ1) is 14.8. The Labute approximate surface area is 132 Å². The summed E-state index contributed by atoms with van der Waals surface area (Å²) in [6, 6.07) is 11.3. The predicted molar refractivity (Wildman–Crippen MR) is 83.5 cm³/mol. The average Bonchev–Trinajstić information content (AvgIpc) is 2.60. The van der Waals surface area contributed by atoms with E-state index in [-0.39, 0.29) is 5.69 Å². The Hall–Kier alpha value is -3.15. The van der Waals surface area contributed by atoms with Gasteiger partial charge in [-0.3, -0.25) is 14.9 Å². The lowest BCUT2D eigenvalue weighted by Gasteiger charge is -2.25. The minimum Gasteiger partial charge on any atom is -0.497 e. The van der Waals surface area contributed by atoms with Crippen LogP contribution in [0.15, 0.2) is 48.0 Å². The summed E-state index contributed by atoms with van der Waals surface area (Å²) in [7, 11) is 1.56. The van der Waals surface area contributed by atoms with Crippen molar-refractivity contribution in [3.05, 3.63) is 69.3 Å². The number of hydrogen-bond donors (Lipinski definition) is 0. The number of benzene rings is 2. The molecule has 2 aromatic rings. The number of fused-ring (bicyclic) bond motifs is 1. The van der Waals surface area contributed by atoms with Gasteiger partial charge in [0.1, 0.15) is 17.8 Å². The number of nitro benzene ring substituents is 1. The molecule has 1 aliphatic rings. The monoisotopic (exact) mass is 311 g/mol. The highest BCUT2D eigenvalue weighted by Crippen LogP contribution is 2.38. The normalized spacial score (nSPS) is 15.9. The molecule has 0 saturated heterocycles. The van der Waals surface area contributed by atoms with Gasteiger partial charge in [0.2, 0.25) is 0 Å². The Balaban J connectivity index is 1.99. The van der Waals surface area contributed by atoms with E-state index < -0.39 is 11.0 Å². The third-order valence-corrected chi connectivity index (χ3v) is 3.63. The third kappa shape index (κ3) is 2.78. The maximum atomic E-state index is 11.4.